The molecule has 4 amide bonds. The predicted molar refractivity (Wildman–Crippen MR) is 133 cm³/mol. The number of thiophene rings is 1. The number of rotatable bonds is 4. The van der Waals surface area contributed by atoms with Crippen LogP contribution in [0.4, 0.5) is 4.79 Å². The van der Waals surface area contributed by atoms with E-state index >= 15 is 0 Å². The molecule has 1 saturated carbocycles. The number of hydrogen-bond donors (Lipinski definition) is 2. The van der Waals surface area contributed by atoms with Crippen LogP contribution in [0.1, 0.15) is 43.7 Å². The van der Waals surface area contributed by atoms with Gasteiger partial charge in [-0.2, -0.15) is 5.01 Å². The third kappa shape index (κ3) is 4.01. The number of fused-ring (bicyclic) bond motifs is 1. The molecule has 35 heavy (non-hydrogen) atoms. The van der Waals surface area contributed by atoms with Crippen molar-refractivity contribution in [3.8, 4) is 11.1 Å². The van der Waals surface area contributed by atoms with Gasteiger partial charge in [-0.05, 0) is 62.1 Å². The number of imide groups is 1. The Hall–Kier alpha value is -3.53. The molecule has 0 atom stereocenters. The number of amides is 4. The Morgan fingerprint density at radius 1 is 1.20 bits per heavy atom. The van der Waals surface area contributed by atoms with Gasteiger partial charge in [0.15, 0.2) is 0 Å². The number of urea groups is 1. The Morgan fingerprint density at radius 3 is 2.66 bits per heavy atom. The number of hydrazine groups is 1. The predicted octanol–water partition coefficient (Wildman–Crippen LogP) is 3.27. The van der Waals surface area contributed by atoms with E-state index in [1.165, 1.54) is 22.2 Å². The summed E-state index contributed by atoms with van der Waals surface area (Å²) in [5.41, 5.74) is 5.03. The zero-order valence-corrected chi connectivity index (χ0v) is 20.7. The Kier molecular flexibility index (Phi) is 5.71. The largest absolute Gasteiger partial charge is 0.344 e. The quantitative estimate of drug-likeness (QED) is 0.542. The molecule has 0 unspecified atom stereocenters. The van der Waals surface area contributed by atoms with Crippen LogP contribution in [0.25, 0.3) is 21.3 Å². The van der Waals surface area contributed by atoms with Crippen LogP contribution in [0.3, 0.4) is 0 Å². The van der Waals surface area contributed by atoms with E-state index in [1.807, 2.05) is 37.4 Å². The van der Waals surface area contributed by atoms with Gasteiger partial charge in [-0.3, -0.25) is 24.4 Å². The second-order valence-corrected chi connectivity index (χ2v) is 10.5. The number of aryl methyl sites for hydroxylation is 2. The molecule has 0 radical (unpaired) electrons. The fourth-order valence-corrected chi connectivity index (χ4v) is 5.74. The van der Waals surface area contributed by atoms with Crippen LogP contribution in [0.15, 0.2) is 34.7 Å². The minimum atomic E-state index is -0.952. The molecule has 0 bridgehead atoms. The van der Waals surface area contributed by atoms with Gasteiger partial charge in [0.25, 0.3) is 17.4 Å². The molecule has 1 aromatic carbocycles. The summed E-state index contributed by atoms with van der Waals surface area (Å²) in [7, 11) is 0. The summed E-state index contributed by atoms with van der Waals surface area (Å²) in [6.45, 7) is 5.79. The first-order valence-corrected chi connectivity index (χ1v) is 12.6. The highest BCUT2D eigenvalue weighted by atomic mass is 32.1. The third-order valence-electron chi connectivity index (χ3n) is 7.22. The molecule has 10 heteroatoms. The average molecular weight is 494 g/mol. The number of nitrogens with one attached hydrogen (secondary N) is 2. The van der Waals surface area contributed by atoms with Gasteiger partial charge in [0, 0.05) is 10.9 Å². The minimum absolute atomic E-state index is 0.352. The lowest BCUT2D eigenvalue weighted by Gasteiger charge is -2.33. The average Bonchev–Trinajstić information content (AvgIpc) is 3.35. The van der Waals surface area contributed by atoms with Crippen LogP contribution in [-0.2, 0) is 16.1 Å². The number of carbonyl (C=O) groups excluding carboxylic acids is 3. The van der Waals surface area contributed by atoms with Gasteiger partial charge in [0.2, 0.25) is 0 Å². The van der Waals surface area contributed by atoms with E-state index < -0.39 is 23.4 Å². The van der Waals surface area contributed by atoms with E-state index in [4.69, 9.17) is 0 Å². The van der Waals surface area contributed by atoms with Crippen LogP contribution in [0, 0.1) is 19.8 Å². The molecule has 2 aliphatic rings. The normalized spacial score (nSPS) is 22.1. The smallest absolute Gasteiger partial charge is 0.322 e. The summed E-state index contributed by atoms with van der Waals surface area (Å²) in [6, 6.07) is 5.36. The van der Waals surface area contributed by atoms with E-state index in [0.717, 1.165) is 40.1 Å². The second-order valence-electron chi connectivity index (χ2n) is 9.68. The van der Waals surface area contributed by atoms with Crippen molar-refractivity contribution in [1.29, 1.82) is 0 Å². The van der Waals surface area contributed by atoms with Crippen molar-refractivity contribution in [3.63, 3.8) is 0 Å². The van der Waals surface area contributed by atoms with Gasteiger partial charge in [0.1, 0.15) is 16.9 Å². The number of aromatic nitrogens is 2. The molecule has 2 aromatic heterocycles. The standard InChI is InChI=1S/C25H27N5O4S/c1-14-6-8-25(9-7-14)23(33)30(24(34)27-25)28-19(31)11-29-13-26-21-20(22(29)32)18(12-35-21)17-5-4-15(2)16(3)10-17/h4-5,10,12-14H,6-9,11H2,1-3H3,(H,27,34)(H,28,31). The summed E-state index contributed by atoms with van der Waals surface area (Å²) in [5, 5.41) is 5.86. The van der Waals surface area contributed by atoms with E-state index in [-0.39, 0.29) is 12.1 Å². The Morgan fingerprint density at radius 2 is 1.94 bits per heavy atom. The lowest BCUT2D eigenvalue weighted by Crippen LogP contribution is -2.52. The molecule has 3 heterocycles. The van der Waals surface area contributed by atoms with Crippen molar-refractivity contribution >= 4 is 39.4 Å². The molecule has 3 aromatic rings. The fraction of sp³-hybridized carbons (Fsp3) is 0.400. The van der Waals surface area contributed by atoms with Crippen molar-refractivity contribution in [2.24, 2.45) is 5.92 Å². The van der Waals surface area contributed by atoms with Gasteiger partial charge < -0.3 is 5.32 Å². The molecule has 9 nitrogen and oxygen atoms in total. The first kappa shape index (κ1) is 23.2. The zero-order chi connectivity index (χ0) is 24.9. The SMILES string of the molecule is Cc1ccc(-c2csc3ncn(CC(=O)NN4C(=O)NC5(CCC(C)CC5)C4=O)c(=O)c23)cc1C. The first-order valence-electron chi connectivity index (χ1n) is 11.7. The molecular weight excluding hydrogens is 466 g/mol. The van der Waals surface area contributed by atoms with Crippen LogP contribution < -0.4 is 16.3 Å². The molecule has 1 aliphatic carbocycles. The van der Waals surface area contributed by atoms with E-state index in [9.17, 15) is 19.2 Å². The van der Waals surface area contributed by atoms with Crippen LogP contribution in [0.5, 0.6) is 0 Å². The third-order valence-corrected chi connectivity index (χ3v) is 8.11. The molecule has 1 saturated heterocycles. The van der Waals surface area contributed by atoms with Crippen molar-refractivity contribution in [2.45, 2.75) is 58.5 Å². The lowest BCUT2D eigenvalue weighted by atomic mass is 9.77. The van der Waals surface area contributed by atoms with Gasteiger partial charge in [-0.15, -0.1) is 11.3 Å². The summed E-state index contributed by atoms with van der Waals surface area (Å²) in [6.07, 6.45) is 4.08. The summed E-state index contributed by atoms with van der Waals surface area (Å²) >= 11 is 1.37. The van der Waals surface area contributed by atoms with Crippen LogP contribution in [-0.4, -0.2) is 37.9 Å². The Labute approximate surface area is 206 Å². The first-order chi connectivity index (χ1) is 16.7. The summed E-state index contributed by atoms with van der Waals surface area (Å²) in [4.78, 5) is 56.5. The Balaban J connectivity index is 1.37. The van der Waals surface area contributed by atoms with Crippen molar-refractivity contribution in [1.82, 2.24) is 25.3 Å². The fourth-order valence-electron chi connectivity index (χ4n) is 4.83. The highest BCUT2D eigenvalue weighted by Gasteiger charge is 2.52. The monoisotopic (exact) mass is 493 g/mol. The number of carbonyl (C=O) groups is 3. The highest BCUT2D eigenvalue weighted by molar-refractivity contribution is 7.17. The van der Waals surface area contributed by atoms with Crippen molar-refractivity contribution in [2.75, 3.05) is 0 Å². The van der Waals surface area contributed by atoms with Crippen LogP contribution in [0.2, 0.25) is 0 Å². The molecule has 5 rings (SSSR count). The van der Waals surface area contributed by atoms with E-state index in [0.29, 0.717) is 29.0 Å². The van der Waals surface area contributed by atoms with Gasteiger partial charge in [0.05, 0.1) is 11.7 Å². The molecule has 182 valence electrons. The summed E-state index contributed by atoms with van der Waals surface area (Å²) in [5.74, 6) is -0.603. The number of hydrogen-bond acceptors (Lipinski definition) is 6. The summed E-state index contributed by atoms with van der Waals surface area (Å²) < 4.78 is 1.20. The Bertz CT molecular complexity index is 1420. The maximum absolute atomic E-state index is 13.3. The van der Waals surface area contributed by atoms with Gasteiger partial charge in [-0.1, -0.05) is 25.1 Å². The maximum atomic E-state index is 13.3. The van der Waals surface area contributed by atoms with E-state index in [2.05, 4.69) is 22.7 Å². The molecule has 1 aliphatic heterocycles. The van der Waals surface area contributed by atoms with Gasteiger partial charge >= 0.3 is 6.03 Å². The van der Waals surface area contributed by atoms with Crippen molar-refractivity contribution in [3.05, 3.63) is 51.4 Å². The molecule has 2 fully saturated rings. The van der Waals surface area contributed by atoms with Crippen LogP contribution >= 0.6 is 11.3 Å². The number of nitrogens with zero attached hydrogens (tertiary/aromatic N) is 3. The lowest BCUT2D eigenvalue weighted by molar-refractivity contribution is -0.140. The van der Waals surface area contributed by atoms with Crippen molar-refractivity contribution < 1.29 is 14.4 Å². The topological polar surface area (TPSA) is 113 Å². The zero-order valence-electron chi connectivity index (χ0n) is 19.9. The molecule has 2 N–H and O–H groups in total. The molecule has 1 spiro atoms. The number of benzene rings is 1. The maximum Gasteiger partial charge on any atom is 0.344 e. The van der Waals surface area contributed by atoms with E-state index in [1.54, 1.807) is 0 Å². The highest BCUT2D eigenvalue weighted by Crippen LogP contribution is 2.36. The second kappa shape index (κ2) is 8.60. The molecular formula is C25H27N5O4S. The minimum Gasteiger partial charge on any atom is -0.322 e. The van der Waals surface area contributed by atoms with Gasteiger partial charge in [-0.25, -0.2) is 9.78 Å².